The molecule has 2 aliphatic heterocycles. The fourth-order valence-corrected chi connectivity index (χ4v) is 5.15. The lowest BCUT2D eigenvalue weighted by molar-refractivity contribution is -0.132. The summed E-state index contributed by atoms with van der Waals surface area (Å²) in [4.78, 5) is 34.6. The number of benzene rings is 2. The highest BCUT2D eigenvalue weighted by Gasteiger charge is 2.47. The van der Waals surface area contributed by atoms with Gasteiger partial charge in [-0.15, -0.1) is 0 Å². The predicted molar refractivity (Wildman–Crippen MR) is 140 cm³/mol. The number of hydrogen-bond donors (Lipinski definition) is 1. The second-order valence-corrected chi connectivity index (χ2v) is 9.28. The molecule has 3 heterocycles. The van der Waals surface area contributed by atoms with E-state index in [-0.39, 0.29) is 16.4 Å². The number of rotatable bonds is 5. The van der Waals surface area contributed by atoms with Gasteiger partial charge in [0.25, 0.3) is 11.7 Å². The van der Waals surface area contributed by atoms with Crippen LogP contribution in [0.25, 0.3) is 5.76 Å². The third kappa shape index (κ3) is 4.31. The number of ketones is 1. The van der Waals surface area contributed by atoms with E-state index in [0.717, 1.165) is 31.6 Å². The van der Waals surface area contributed by atoms with Crippen LogP contribution in [0.15, 0.2) is 72.6 Å². The van der Waals surface area contributed by atoms with Gasteiger partial charge >= 0.3 is 0 Å². The van der Waals surface area contributed by atoms with Crippen molar-refractivity contribution in [3.05, 3.63) is 88.7 Å². The number of carbonyl (C=O) groups excluding carboxylic acids is 2. The van der Waals surface area contributed by atoms with Crippen molar-refractivity contribution >= 4 is 40.4 Å². The molecule has 2 saturated heterocycles. The second-order valence-electron chi connectivity index (χ2n) is 8.87. The van der Waals surface area contributed by atoms with Crippen molar-refractivity contribution in [2.45, 2.75) is 25.3 Å². The van der Waals surface area contributed by atoms with E-state index in [4.69, 9.17) is 16.3 Å². The summed E-state index contributed by atoms with van der Waals surface area (Å²) < 4.78 is 5.19. The zero-order valence-electron chi connectivity index (χ0n) is 19.9. The largest absolute Gasteiger partial charge is 0.507 e. The van der Waals surface area contributed by atoms with Crippen molar-refractivity contribution < 1.29 is 19.4 Å². The molecule has 0 bridgehead atoms. The zero-order valence-corrected chi connectivity index (χ0v) is 20.6. The van der Waals surface area contributed by atoms with Crippen LogP contribution in [0.3, 0.4) is 0 Å². The van der Waals surface area contributed by atoms with Gasteiger partial charge in [-0.25, -0.2) is 0 Å². The Bertz CT molecular complexity index is 1320. The van der Waals surface area contributed by atoms with E-state index in [0.29, 0.717) is 22.6 Å². The molecule has 184 valence electrons. The number of halogens is 1. The summed E-state index contributed by atoms with van der Waals surface area (Å²) in [5.74, 6) is -1.35. The highest BCUT2D eigenvalue weighted by molar-refractivity contribution is 6.51. The lowest BCUT2D eigenvalue weighted by Gasteiger charge is -2.30. The van der Waals surface area contributed by atoms with E-state index in [2.05, 4.69) is 9.88 Å². The molecule has 0 spiro atoms. The second kappa shape index (κ2) is 10.0. The first-order chi connectivity index (χ1) is 17.5. The van der Waals surface area contributed by atoms with Crippen LogP contribution in [0.1, 0.15) is 36.4 Å². The van der Waals surface area contributed by atoms with Gasteiger partial charge in [-0.2, -0.15) is 0 Å². The quantitative estimate of drug-likeness (QED) is 0.287. The van der Waals surface area contributed by atoms with Crippen molar-refractivity contribution in [3.63, 3.8) is 0 Å². The third-order valence-corrected chi connectivity index (χ3v) is 7.01. The van der Waals surface area contributed by atoms with Crippen molar-refractivity contribution in [2.24, 2.45) is 0 Å². The van der Waals surface area contributed by atoms with Crippen LogP contribution in [-0.4, -0.2) is 42.0 Å². The molecule has 2 aromatic carbocycles. The third-order valence-electron chi connectivity index (χ3n) is 6.72. The smallest absolute Gasteiger partial charge is 0.300 e. The molecule has 0 aliphatic carbocycles. The average molecular weight is 504 g/mol. The van der Waals surface area contributed by atoms with Crippen molar-refractivity contribution in [2.75, 3.05) is 30.0 Å². The minimum Gasteiger partial charge on any atom is -0.507 e. The molecule has 1 aromatic heterocycles. The maximum absolute atomic E-state index is 13.3. The molecule has 1 N–H and O–H groups in total. The van der Waals surface area contributed by atoms with E-state index < -0.39 is 17.7 Å². The number of hydrogen-bond acceptors (Lipinski definition) is 6. The predicted octanol–water partition coefficient (Wildman–Crippen LogP) is 5.36. The minimum absolute atomic E-state index is 0.0191. The number of aliphatic hydroxyl groups is 1. The molecule has 1 atom stereocenters. The number of Topliss-reactive ketones (excluding diaryl/α,β-unsaturated/α-hetero) is 1. The lowest BCUT2D eigenvalue weighted by atomic mass is 9.96. The fraction of sp³-hybridized carbons (Fsp3) is 0.250. The Balaban J connectivity index is 1.59. The van der Waals surface area contributed by atoms with Gasteiger partial charge in [0, 0.05) is 42.4 Å². The maximum Gasteiger partial charge on any atom is 0.300 e. The standard InChI is InChI=1S/C28H26ClN3O4/c1-36-23-12-7-18(16-22(23)29)26(33)24-25(19-6-5-13-30-17-19)32(28(35)27(24)34)21-10-8-20(9-11-21)31-14-3-2-4-15-31/h5-13,16-17,25,33H,2-4,14-15H2,1H3/b26-24-. The molecule has 1 unspecified atom stereocenters. The van der Waals surface area contributed by atoms with Gasteiger partial charge in [-0.05, 0) is 73.4 Å². The van der Waals surface area contributed by atoms with Gasteiger partial charge in [0.1, 0.15) is 11.5 Å². The van der Waals surface area contributed by atoms with Gasteiger partial charge in [0.05, 0.1) is 23.7 Å². The topological polar surface area (TPSA) is 83.0 Å². The first-order valence-electron chi connectivity index (χ1n) is 11.9. The Labute approximate surface area is 214 Å². The number of nitrogens with zero attached hydrogens (tertiary/aromatic N) is 3. The summed E-state index contributed by atoms with van der Waals surface area (Å²) in [6.45, 7) is 2.01. The normalized spacial score (nSPS) is 19.6. The molecule has 2 fully saturated rings. The monoisotopic (exact) mass is 503 g/mol. The van der Waals surface area contributed by atoms with Crippen molar-refractivity contribution in [1.29, 1.82) is 0 Å². The number of carbonyl (C=O) groups is 2. The van der Waals surface area contributed by atoms with E-state index >= 15 is 0 Å². The number of aliphatic hydroxyl groups excluding tert-OH is 1. The molecule has 5 rings (SSSR count). The van der Waals surface area contributed by atoms with Crippen LogP contribution in [0.4, 0.5) is 11.4 Å². The SMILES string of the molecule is COc1ccc(/C(O)=C2/C(=O)C(=O)N(c3ccc(N4CCCCC4)cc3)C2c2cccnc2)cc1Cl. The summed E-state index contributed by atoms with van der Waals surface area (Å²) in [5.41, 5.74) is 2.56. The van der Waals surface area contributed by atoms with Crippen molar-refractivity contribution in [1.82, 2.24) is 4.98 Å². The molecule has 0 saturated carbocycles. The summed E-state index contributed by atoms with van der Waals surface area (Å²) in [7, 11) is 1.49. The molecule has 0 radical (unpaired) electrons. The summed E-state index contributed by atoms with van der Waals surface area (Å²) in [6, 6.07) is 15.0. The Morgan fingerprint density at radius 3 is 2.39 bits per heavy atom. The van der Waals surface area contributed by atoms with Crippen LogP contribution in [0, 0.1) is 0 Å². The first-order valence-corrected chi connectivity index (χ1v) is 12.3. The molecule has 8 heteroatoms. The van der Waals surface area contributed by atoms with Crippen LogP contribution in [0.5, 0.6) is 5.75 Å². The Kier molecular flexibility index (Phi) is 6.65. The van der Waals surface area contributed by atoms with Gasteiger partial charge in [0.2, 0.25) is 0 Å². The highest BCUT2D eigenvalue weighted by Crippen LogP contribution is 2.43. The Morgan fingerprint density at radius 1 is 1.03 bits per heavy atom. The molecule has 7 nitrogen and oxygen atoms in total. The minimum atomic E-state index is -0.847. The van der Waals surface area contributed by atoms with Crippen LogP contribution in [0.2, 0.25) is 5.02 Å². The van der Waals surface area contributed by atoms with Gasteiger partial charge in [-0.3, -0.25) is 19.5 Å². The summed E-state index contributed by atoms with van der Waals surface area (Å²) in [5, 5.41) is 11.5. The number of methoxy groups -OCH3 is 1. The number of ether oxygens (including phenoxy) is 1. The maximum atomic E-state index is 13.3. The summed E-state index contributed by atoms with van der Waals surface area (Å²) >= 11 is 6.27. The number of piperidine rings is 1. The summed E-state index contributed by atoms with van der Waals surface area (Å²) in [6.07, 6.45) is 6.77. The van der Waals surface area contributed by atoms with Crippen LogP contribution >= 0.6 is 11.6 Å². The molecule has 3 aromatic rings. The van der Waals surface area contributed by atoms with Crippen LogP contribution < -0.4 is 14.5 Å². The zero-order chi connectivity index (χ0) is 25.2. The molecule has 36 heavy (non-hydrogen) atoms. The number of aromatic nitrogens is 1. The van der Waals surface area contributed by atoms with E-state index in [1.165, 1.54) is 24.5 Å². The van der Waals surface area contributed by atoms with Gasteiger partial charge in [0.15, 0.2) is 0 Å². The van der Waals surface area contributed by atoms with E-state index in [9.17, 15) is 14.7 Å². The van der Waals surface area contributed by atoms with Gasteiger partial charge in [-0.1, -0.05) is 17.7 Å². The highest BCUT2D eigenvalue weighted by atomic mass is 35.5. The first kappa shape index (κ1) is 23.9. The Morgan fingerprint density at radius 2 is 1.75 bits per heavy atom. The lowest BCUT2D eigenvalue weighted by Crippen LogP contribution is -2.30. The van der Waals surface area contributed by atoms with Crippen LogP contribution in [-0.2, 0) is 9.59 Å². The molecule has 1 amide bonds. The fourth-order valence-electron chi connectivity index (χ4n) is 4.90. The van der Waals surface area contributed by atoms with E-state index in [1.54, 1.807) is 36.7 Å². The molecule has 2 aliphatic rings. The average Bonchev–Trinajstić information content (AvgIpc) is 3.19. The van der Waals surface area contributed by atoms with Crippen molar-refractivity contribution in [3.8, 4) is 5.75 Å². The molecular formula is C28H26ClN3O4. The Hall–Kier alpha value is -3.84. The van der Waals surface area contributed by atoms with E-state index in [1.807, 2.05) is 24.3 Å². The number of amides is 1. The van der Waals surface area contributed by atoms with Gasteiger partial charge < -0.3 is 14.7 Å². The molecular weight excluding hydrogens is 478 g/mol. The number of pyridine rings is 1. The number of anilines is 2.